The molecule has 2 aromatic carbocycles. The number of primary sulfonamides is 1. The van der Waals surface area contributed by atoms with Crippen LogP contribution in [0.15, 0.2) is 53.4 Å². The zero-order valence-corrected chi connectivity index (χ0v) is 20.1. The molecule has 1 amide bonds. The quantitative estimate of drug-likeness (QED) is 0.406. The number of nitrogens with one attached hydrogen (secondary N) is 2. The summed E-state index contributed by atoms with van der Waals surface area (Å²) in [4.78, 5) is 12.3. The molecule has 2 aromatic rings. The first-order valence-electron chi connectivity index (χ1n) is 10.00. The van der Waals surface area contributed by atoms with Crippen molar-refractivity contribution in [1.29, 1.82) is 0 Å². The molecule has 0 radical (unpaired) electrons. The summed E-state index contributed by atoms with van der Waals surface area (Å²) in [6.07, 6.45) is -0.0839. The molecule has 0 bridgehead atoms. The highest BCUT2D eigenvalue weighted by Gasteiger charge is 2.13. The van der Waals surface area contributed by atoms with E-state index in [1.165, 1.54) is 12.1 Å². The van der Waals surface area contributed by atoms with E-state index in [2.05, 4.69) is 10.6 Å². The van der Waals surface area contributed by atoms with E-state index < -0.39 is 16.1 Å². The second-order valence-corrected chi connectivity index (χ2v) is 9.88. The molecule has 1 atom stereocenters. The molecule has 32 heavy (non-hydrogen) atoms. The molecule has 1 unspecified atom stereocenters. The fraction of sp³-hybridized carbons (Fsp3) is 0.409. The van der Waals surface area contributed by atoms with Crippen LogP contribution in [0, 0.1) is 0 Å². The van der Waals surface area contributed by atoms with E-state index in [0.717, 1.165) is 5.56 Å². The summed E-state index contributed by atoms with van der Waals surface area (Å²) in [6, 6.07) is 12.9. The summed E-state index contributed by atoms with van der Waals surface area (Å²) in [5.74, 6) is 0.350. The number of nitrogens with two attached hydrogens (primary N) is 1. The van der Waals surface area contributed by atoms with Gasteiger partial charge in [-0.2, -0.15) is 0 Å². The van der Waals surface area contributed by atoms with Crippen LogP contribution in [0.1, 0.15) is 36.7 Å². The standard InChI is InChI=1S/C22H31N3O5S.ClH/c1-22(2,3)25-14-18(26)15-30-19-8-6-17(7-9-19)21(27)24-13-12-16-4-10-20(11-5-16)31(23,28)29;/h4-11,18,25-26H,12-15H2,1-3H3,(H,24,27)(H2,23,28,29);1H. The average Bonchev–Trinajstić information content (AvgIpc) is 2.70. The predicted molar refractivity (Wildman–Crippen MR) is 127 cm³/mol. The zero-order chi connectivity index (χ0) is 23.1. The molecule has 0 aliphatic rings. The number of β-amino-alcohol motifs (C(OH)–C–C–N with tert-alkyl or cyclic N) is 1. The normalized spacial score (nSPS) is 12.5. The van der Waals surface area contributed by atoms with E-state index >= 15 is 0 Å². The highest BCUT2D eigenvalue weighted by Crippen LogP contribution is 2.13. The second-order valence-electron chi connectivity index (χ2n) is 8.31. The van der Waals surface area contributed by atoms with Crippen LogP contribution in [0.5, 0.6) is 5.75 Å². The number of carbonyl (C=O) groups excluding carboxylic acids is 1. The molecule has 0 saturated heterocycles. The SMILES string of the molecule is CC(C)(C)NCC(O)COc1ccc(C(=O)NCCc2ccc(S(N)(=O)=O)cc2)cc1.Cl. The van der Waals surface area contributed by atoms with Crippen molar-refractivity contribution in [1.82, 2.24) is 10.6 Å². The largest absolute Gasteiger partial charge is 0.491 e. The minimum Gasteiger partial charge on any atom is -0.491 e. The van der Waals surface area contributed by atoms with Crippen molar-refractivity contribution in [2.45, 2.75) is 43.7 Å². The molecule has 0 heterocycles. The van der Waals surface area contributed by atoms with Gasteiger partial charge in [-0.05, 0) is 69.2 Å². The van der Waals surface area contributed by atoms with Crippen LogP contribution in [0.3, 0.4) is 0 Å². The van der Waals surface area contributed by atoms with Gasteiger partial charge in [0.05, 0.1) is 4.90 Å². The minimum absolute atomic E-state index is 0. The Morgan fingerprint density at radius 3 is 2.22 bits per heavy atom. The Kier molecular flexibility index (Phi) is 10.6. The average molecular weight is 486 g/mol. The van der Waals surface area contributed by atoms with Gasteiger partial charge in [0, 0.05) is 24.2 Å². The van der Waals surface area contributed by atoms with Gasteiger partial charge in [0.25, 0.3) is 5.91 Å². The number of aliphatic hydroxyl groups is 1. The van der Waals surface area contributed by atoms with Gasteiger partial charge < -0.3 is 20.5 Å². The van der Waals surface area contributed by atoms with E-state index in [1.54, 1.807) is 36.4 Å². The number of aliphatic hydroxyl groups excluding tert-OH is 1. The smallest absolute Gasteiger partial charge is 0.251 e. The molecule has 0 spiro atoms. The lowest BCUT2D eigenvalue weighted by atomic mass is 10.1. The maximum Gasteiger partial charge on any atom is 0.251 e. The number of benzene rings is 2. The molecule has 0 aromatic heterocycles. The van der Waals surface area contributed by atoms with Crippen molar-refractivity contribution < 1.29 is 23.1 Å². The van der Waals surface area contributed by atoms with Gasteiger partial charge in [-0.1, -0.05) is 12.1 Å². The molecule has 8 nitrogen and oxygen atoms in total. The van der Waals surface area contributed by atoms with E-state index in [4.69, 9.17) is 9.88 Å². The van der Waals surface area contributed by atoms with Gasteiger partial charge in [0.2, 0.25) is 10.0 Å². The summed E-state index contributed by atoms with van der Waals surface area (Å²) >= 11 is 0. The van der Waals surface area contributed by atoms with Crippen LogP contribution in [0.25, 0.3) is 0 Å². The molecule has 0 saturated carbocycles. The zero-order valence-electron chi connectivity index (χ0n) is 18.5. The fourth-order valence-corrected chi connectivity index (χ4v) is 3.16. The van der Waals surface area contributed by atoms with Gasteiger partial charge in [0.15, 0.2) is 0 Å². The highest BCUT2D eigenvalue weighted by atomic mass is 35.5. The molecule has 0 aliphatic heterocycles. The first-order valence-corrected chi connectivity index (χ1v) is 11.5. The van der Waals surface area contributed by atoms with Gasteiger partial charge in [-0.25, -0.2) is 13.6 Å². The first-order chi connectivity index (χ1) is 14.4. The summed E-state index contributed by atoms with van der Waals surface area (Å²) in [7, 11) is -3.71. The number of rotatable bonds is 10. The van der Waals surface area contributed by atoms with Gasteiger partial charge >= 0.3 is 0 Å². The van der Waals surface area contributed by atoms with Crippen LogP contribution < -0.4 is 20.5 Å². The van der Waals surface area contributed by atoms with Crippen molar-refractivity contribution in [3.63, 3.8) is 0 Å². The number of ether oxygens (including phenoxy) is 1. The van der Waals surface area contributed by atoms with Gasteiger partial charge in [0.1, 0.15) is 18.5 Å². The Bertz CT molecular complexity index is 959. The van der Waals surface area contributed by atoms with Crippen LogP contribution in [0.4, 0.5) is 0 Å². The molecule has 10 heteroatoms. The van der Waals surface area contributed by atoms with Crippen molar-refractivity contribution in [3.05, 3.63) is 59.7 Å². The van der Waals surface area contributed by atoms with E-state index in [0.29, 0.717) is 30.8 Å². The number of hydrogen-bond acceptors (Lipinski definition) is 6. The lowest BCUT2D eigenvalue weighted by Gasteiger charge is -2.22. The maximum absolute atomic E-state index is 12.3. The molecule has 178 valence electrons. The molecule has 0 fully saturated rings. The number of carbonyl (C=O) groups is 1. The van der Waals surface area contributed by atoms with Crippen molar-refractivity contribution in [3.8, 4) is 5.75 Å². The number of halogens is 1. The van der Waals surface area contributed by atoms with Gasteiger partial charge in [-0.15, -0.1) is 12.4 Å². The minimum atomic E-state index is -3.71. The highest BCUT2D eigenvalue weighted by molar-refractivity contribution is 7.89. The Morgan fingerprint density at radius 2 is 1.69 bits per heavy atom. The van der Waals surface area contributed by atoms with E-state index in [9.17, 15) is 18.3 Å². The first kappa shape index (κ1) is 27.9. The number of hydrogen-bond donors (Lipinski definition) is 4. The van der Waals surface area contributed by atoms with Crippen molar-refractivity contribution >= 4 is 28.3 Å². The Labute approximate surface area is 196 Å². The van der Waals surface area contributed by atoms with Crippen LogP contribution in [0.2, 0.25) is 0 Å². The molecule has 0 aliphatic carbocycles. The Hall–Kier alpha value is -2.17. The Morgan fingerprint density at radius 1 is 1.09 bits per heavy atom. The monoisotopic (exact) mass is 485 g/mol. The van der Waals surface area contributed by atoms with Crippen LogP contribution in [-0.2, 0) is 16.4 Å². The third kappa shape index (κ3) is 9.97. The molecular formula is C22H32ClN3O5S. The summed E-state index contributed by atoms with van der Waals surface area (Å²) in [6.45, 7) is 7.05. The molecule has 5 N–H and O–H groups in total. The van der Waals surface area contributed by atoms with Crippen LogP contribution >= 0.6 is 12.4 Å². The Balaban J connectivity index is 0.00000512. The van der Waals surface area contributed by atoms with Crippen molar-refractivity contribution in [2.24, 2.45) is 5.14 Å². The number of amides is 1. The van der Waals surface area contributed by atoms with E-state index in [-0.39, 0.29) is 35.4 Å². The van der Waals surface area contributed by atoms with Crippen LogP contribution in [-0.4, -0.2) is 50.8 Å². The second kappa shape index (κ2) is 12.2. The maximum atomic E-state index is 12.3. The lowest BCUT2D eigenvalue weighted by Crippen LogP contribution is -2.42. The third-order valence-electron chi connectivity index (χ3n) is 4.38. The molecule has 2 rings (SSSR count). The summed E-state index contributed by atoms with van der Waals surface area (Å²) in [5.41, 5.74) is 1.30. The number of sulfonamides is 1. The van der Waals surface area contributed by atoms with E-state index in [1.807, 2.05) is 20.8 Å². The third-order valence-corrected chi connectivity index (χ3v) is 5.31. The fourth-order valence-electron chi connectivity index (χ4n) is 2.65. The lowest BCUT2D eigenvalue weighted by molar-refractivity contribution is 0.0952. The predicted octanol–water partition coefficient (Wildman–Crippen LogP) is 1.86. The topological polar surface area (TPSA) is 131 Å². The van der Waals surface area contributed by atoms with Gasteiger partial charge in [-0.3, -0.25) is 4.79 Å². The summed E-state index contributed by atoms with van der Waals surface area (Å²) < 4.78 is 28.1. The van der Waals surface area contributed by atoms with Crippen molar-refractivity contribution in [2.75, 3.05) is 19.7 Å². The molecular weight excluding hydrogens is 454 g/mol. The summed E-state index contributed by atoms with van der Waals surface area (Å²) in [5, 5.41) is 21.1.